The molecule has 0 aliphatic rings. The lowest BCUT2D eigenvalue weighted by Gasteiger charge is -2.08. The molecule has 98 valence electrons. The Hall–Kier alpha value is -1.52. The van der Waals surface area contributed by atoms with E-state index in [-0.39, 0.29) is 5.91 Å². The SMILES string of the molecule is C=C(C)COCCNC(=O)c1cc(N)ccc1Cl. The Morgan fingerprint density at radius 3 is 2.94 bits per heavy atom. The van der Waals surface area contributed by atoms with E-state index < -0.39 is 0 Å². The van der Waals surface area contributed by atoms with Crippen LogP contribution in [-0.2, 0) is 4.74 Å². The molecule has 0 bridgehead atoms. The van der Waals surface area contributed by atoms with E-state index in [1.807, 2.05) is 6.92 Å². The van der Waals surface area contributed by atoms with Crippen LogP contribution in [0.2, 0.25) is 5.02 Å². The highest BCUT2D eigenvalue weighted by molar-refractivity contribution is 6.34. The fourth-order valence-corrected chi connectivity index (χ4v) is 1.50. The van der Waals surface area contributed by atoms with Gasteiger partial charge in [-0.3, -0.25) is 4.79 Å². The molecule has 0 atom stereocenters. The fourth-order valence-electron chi connectivity index (χ4n) is 1.30. The van der Waals surface area contributed by atoms with Gasteiger partial charge in [-0.1, -0.05) is 23.8 Å². The number of hydrogen-bond acceptors (Lipinski definition) is 3. The number of halogens is 1. The maximum atomic E-state index is 11.8. The first-order valence-electron chi connectivity index (χ1n) is 5.56. The minimum Gasteiger partial charge on any atom is -0.399 e. The molecule has 0 saturated heterocycles. The van der Waals surface area contributed by atoms with Gasteiger partial charge in [-0.05, 0) is 25.1 Å². The van der Waals surface area contributed by atoms with Crippen molar-refractivity contribution in [3.8, 4) is 0 Å². The molecule has 0 fully saturated rings. The Bertz CT molecular complexity index is 447. The third-order valence-corrected chi connectivity index (χ3v) is 2.45. The Morgan fingerprint density at radius 1 is 1.56 bits per heavy atom. The topological polar surface area (TPSA) is 64.3 Å². The lowest BCUT2D eigenvalue weighted by Crippen LogP contribution is -2.27. The predicted molar refractivity (Wildman–Crippen MR) is 73.8 cm³/mol. The van der Waals surface area contributed by atoms with Crippen LogP contribution in [0.4, 0.5) is 5.69 Å². The van der Waals surface area contributed by atoms with E-state index in [1.165, 1.54) is 0 Å². The average molecular weight is 269 g/mol. The number of rotatable bonds is 6. The maximum Gasteiger partial charge on any atom is 0.252 e. The van der Waals surface area contributed by atoms with Gasteiger partial charge in [0.25, 0.3) is 5.91 Å². The van der Waals surface area contributed by atoms with Crippen LogP contribution < -0.4 is 11.1 Å². The quantitative estimate of drug-likeness (QED) is 0.472. The molecule has 1 aromatic rings. The molecular weight excluding hydrogens is 252 g/mol. The Kier molecular flexibility index (Phi) is 5.68. The van der Waals surface area contributed by atoms with Crippen molar-refractivity contribution >= 4 is 23.2 Å². The molecule has 0 aliphatic carbocycles. The van der Waals surface area contributed by atoms with Gasteiger partial charge in [-0.15, -0.1) is 0 Å². The van der Waals surface area contributed by atoms with Crippen LogP contribution in [0.15, 0.2) is 30.4 Å². The zero-order valence-electron chi connectivity index (χ0n) is 10.3. The maximum absolute atomic E-state index is 11.8. The van der Waals surface area contributed by atoms with Crippen molar-refractivity contribution in [1.82, 2.24) is 5.32 Å². The smallest absolute Gasteiger partial charge is 0.252 e. The van der Waals surface area contributed by atoms with Crippen LogP contribution >= 0.6 is 11.6 Å². The van der Waals surface area contributed by atoms with Gasteiger partial charge in [-0.2, -0.15) is 0 Å². The molecule has 0 unspecified atom stereocenters. The Labute approximate surface area is 112 Å². The van der Waals surface area contributed by atoms with Crippen molar-refractivity contribution in [2.45, 2.75) is 6.92 Å². The van der Waals surface area contributed by atoms with E-state index in [9.17, 15) is 4.79 Å². The summed E-state index contributed by atoms with van der Waals surface area (Å²) in [5.74, 6) is -0.258. The first kappa shape index (κ1) is 14.5. The summed E-state index contributed by atoms with van der Waals surface area (Å²) in [7, 11) is 0. The number of anilines is 1. The monoisotopic (exact) mass is 268 g/mol. The number of amides is 1. The van der Waals surface area contributed by atoms with Gasteiger partial charge in [-0.25, -0.2) is 0 Å². The van der Waals surface area contributed by atoms with Gasteiger partial charge in [0.1, 0.15) is 0 Å². The van der Waals surface area contributed by atoms with Crippen molar-refractivity contribution in [2.75, 3.05) is 25.5 Å². The molecule has 4 nitrogen and oxygen atoms in total. The highest BCUT2D eigenvalue weighted by Crippen LogP contribution is 2.18. The van der Waals surface area contributed by atoms with Gasteiger partial charge in [0.05, 0.1) is 23.8 Å². The van der Waals surface area contributed by atoms with Crippen molar-refractivity contribution in [2.24, 2.45) is 0 Å². The van der Waals surface area contributed by atoms with Gasteiger partial charge in [0.15, 0.2) is 0 Å². The molecule has 1 amide bonds. The molecule has 0 radical (unpaired) electrons. The number of nitrogen functional groups attached to an aromatic ring is 1. The van der Waals surface area contributed by atoms with Crippen molar-refractivity contribution in [1.29, 1.82) is 0 Å². The van der Waals surface area contributed by atoms with Crippen molar-refractivity contribution in [3.63, 3.8) is 0 Å². The number of hydrogen-bond donors (Lipinski definition) is 2. The average Bonchev–Trinajstić information content (AvgIpc) is 2.31. The molecule has 3 N–H and O–H groups in total. The summed E-state index contributed by atoms with van der Waals surface area (Å²) in [5, 5.41) is 3.09. The highest BCUT2D eigenvalue weighted by Gasteiger charge is 2.09. The van der Waals surface area contributed by atoms with Crippen LogP contribution in [0.25, 0.3) is 0 Å². The molecule has 0 heterocycles. The normalized spacial score (nSPS) is 10.1. The first-order chi connectivity index (χ1) is 8.50. The van der Waals surface area contributed by atoms with Gasteiger partial charge in [0.2, 0.25) is 0 Å². The minimum atomic E-state index is -0.258. The molecule has 18 heavy (non-hydrogen) atoms. The molecule has 0 spiro atoms. The molecule has 0 aliphatic heterocycles. The van der Waals surface area contributed by atoms with E-state index in [1.54, 1.807) is 18.2 Å². The van der Waals surface area contributed by atoms with Gasteiger partial charge < -0.3 is 15.8 Å². The zero-order chi connectivity index (χ0) is 13.5. The molecule has 5 heteroatoms. The fraction of sp³-hybridized carbons (Fsp3) is 0.308. The summed E-state index contributed by atoms with van der Waals surface area (Å²) in [5.41, 5.74) is 7.42. The molecule has 0 aromatic heterocycles. The van der Waals surface area contributed by atoms with Crippen molar-refractivity contribution in [3.05, 3.63) is 40.9 Å². The number of nitrogens with one attached hydrogen (secondary N) is 1. The Morgan fingerprint density at radius 2 is 2.28 bits per heavy atom. The van der Waals surface area contributed by atoms with E-state index in [0.29, 0.717) is 36.0 Å². The Balaban J connectivity index is 2.41. The van der Waals surface area contributed by atoms with E-state index in [0.717, 1.165) is 5.57 Å². The summed E-state index contributed by atoms with van der Waals surface area (Å²) in [4.78, 5) is 11.8. The molecular formula is C13H17ClN2O2. The molecule has 1 aromatic carbocycles. The first-order valence-corrected chi connectivity index (χ1v) is 5.94. The summed E-state index contributed by atoms with van der Waals surface area (Å²) < 4.78 is 5.26. The van der Waals surface area contributed by atoms with Crippen LogP contribution in [0.5, 0.6) is 0 Å². The number of ether oxygens (including phenoxy) is 1. The minimum absolute atomic E-state index is 0.258. The van der Waals surface area contributed by atoms with Gasteiger partial charge >= 0.3 is 0 Å². The van der Waals surface area contributed by atoms with E-state index in [4.69, 9.17) is 22.1 Å². The van der Waals surface area contributed by atoms with E-state index >= 15 is 0 Å². The zero-order valence-corrected chi connectivity index (χ0v) is 11.1. The summed E-state index contributed by atoms with van der Waals surface area (Å²) in [6, 6.07) is 4.80. The van der Waals surface area contributed by atoms with E-state index in [2.05, 4.69) is 11.9 Å². The summed E-state index contributed by atoms with van der Waals surface area (Å²) >= 11 is 5.91. The standard InChI is InChI=1S/C13H17ClN2O2/c1-9(2)8-18-6-5-16-13(17)11-7-10(15)3-4-12(11)14/h3-4,7H,1,5-6,8,15H2,2H3,(H,16,17). The highest BCUT2D eigenvalue weighted by atomic mass is 35.5. The molecule has 1 rings (SSSR count). The third kappa shape index (κ3) is 4.77. The summed E-state index contributed by atoms with van der Waals surface area (Å²) in [6.07, 6.45) is 0. The molecule has 0 saturated carbocycles. The number of carbonyl (C=O) groups excluding carboxylic acids is 1. The lowest BCUT2D eigenvalue weighted by molar-refractivity contribution is 0.0927. The largest absolute Gasteiger partial charge is 0.399 e. The van der Waals surface area contributed by atoms with Crippen LogP contribution in [-0.4, -0.2) is 25.7 Å². The number of benzene rings is 1. The van der Waals surface area contributed by atoms with Gasteiger partial charge in [0, 0.05) is 12.2 Å². The van der Waals surface area contributed by atoms with Crippen molar-refractivity contribution < 1.29 is 9.53 Å². The summed E-state index contributed by atoms with van der Waals surface area (Å²) in [6.45, 7) is 6.93. The van der Waals surface area contributed by atoms with Crippen LogP contribution in [0.3, 0.4) is 0 Å². The second-order valence-electron chi connectivity index (χ2n) is 4.00. The second-order valence-corrected chi connectivity index (χ2v) is 4.41. The lowest BCUT2D eigenvalue weighted by atomic mass is 10.2. The number of carbonyl (C=O) groups is 1. The second kappa shape index (κ2) is 7.03. The predicted octanol–water partition coefficient (Wildman–Crippen LogP) is 2.24. The third-order valence-electron chi connectivity index (χ3n) is 2.12. The van der Waals surface area contributed by atoms with Crippen LogP contribution in [0.1, 0.15) is 17.3 Å². The number of nitrogens with two attached hydrogens (primary N) is 1. The van der Waals surface area contributed by atoms with Crippen LogP contribution in [0, 0.1) is 0 Å².